The van der Waals surface area contributed by atoms with Crippen molar-refractivity contribution in [3.05, 3.63) is 35.9 Å². The van der Waals surface area contributed by atoms with Crippen LogP contribution in [0.5, 0.6) is 0 Å². The fourth-order valence-corrected chi connectivity index (χ4v) is 2.23. The molecule has 6 nitrogen and oxygen atoms in total. The van der Waals surface area contributed by atoms with E-state index in [-0.39, 0.29) is 0 Å². The minimum Gasteiger partial charge on any atom is -0.477 e. The van der Waals surface area contributed by atoms with Crippen LogP contribution in [0.15, 0.2) is 30.3 Å². The Hall–Kier alpha value is -1.92. The third-order valence-electron chi connectivity index (χ3n) is 3.54. The van der Waals surface area contributed by atoms with Gasteiger partial charge in [-0.3, -0.25) is 4.79 Å². The quantitative estimate of drug-likeness (QED) is 0.489. The van der Waals surface area contributed by atoms with E-state index in [0.717, 1.165) is 0 Å². The zero-order chi connectivity index (χ0) is 16.8. The van der Waals surface area contributed by atoms with E-state index < -0.39 is 24.0 Å². The molecule has 6 heteroatoms. The predicted molar refractivity (Wildman–Crippen MR) is 83.1 cm³/mol. The highest BCUT2D eigenvalue weighted by Crippen LogP contribution is 2.13. The van der Waals surface area contributed by atoms with E-state index >= 15 is 0 Å². The number of aliphatic carboxylic acids is 1. The first-order valence-corrected chi connectivity index (χ1v) is 7.28. The lowest BCUT2D eigenvalue weighted by molar-refractivity contribution is -0.887. The van der Waals surface area contributed by atoms with Crippen molar-refractivity contribution in [1.29, 1.82) is 0 Å². The average molecular weight is 309 g/mol. The van der Waals surface area contributed by atoms with E-state index in [9.17, 15) is 19.8 Å². The standard InChI is InChI=1S/C16H24N2O4/c1-18(2,3)13(16(21)22)10-7-11-17-15(20)14(19)12-8-5-4-6-9-12/h4-6,8-9,13-14,19H,7,10-11H2,1-3H3,(H-,17,20,21,22)/p+1. The van der Waals surface area contributed by atoms with E-state index in [2.05, 4.69) is 5.32 Å². The zero-order valence-corrected chi connectivity index (χ0v) is 13.3. The van der Waals surface area contributed by atoms with Gasteiger partial charge >= 0.3 is 5.97 Å². The Balaban J connectivity index is 2.41. The van der Waals surface area contributed by atoms with E-state index in [4.69, 9.17) is 0 Å². The molecule has 1 rings (SSSR count). The van der Waals surface area contributed by atoms with Crippen molar-refractivity contribution in [2.24, 2.45) is 0 Å². The Morgan fingerprint density at radius 3 is 2.27 bits per heavy atom. The molecule has 0 saturated carbocycles. The zero-order valence-electron chi connectivity index (χ0n) is 13.3. The van der Waals surface area contributed by atoms with Gasteiger partial charge in [0.2, 0.25) is 0 Å². The lowest BCUT2D eigenvalue weighted by Gasteiger charge is -2.31. The molecule has 22 heavy (non-hydrogen) atoms. The minimum absolute atomic E-state index is 0.329. The van der Waals surface area contributed by atoms with Gasteiger partial charge in [-0.15, -0.1) is 0 Å². The number of carboxylic acid groups (broad SMARTS) is 1. The number of carbonyl (C=O) groups excluding carboxylic acids is 1. The number of aliphatic hydroxyl groups excluding tert-OH is 1. The van der Waals surface area contributed by atoms with E-state index in [1.807, 2.05) is 27.2 Å². The van der Waals surface area contributed by atoms with Crippen molar-refractivity contribution >= 4 is 11.9 Å². The summed E-state index contributed by atoms with van der Waals surface area (Å²) >= 11 is 0. The first-order chi connectivity index (χ1) is 10.2. The number of rotatable bonds is 8. The second kappa shape index (κ2) is 7.91. The summed E-state index contributed by atoms with van der Waals surface area (Å²) < 4.78 is 0.329. The van der Waals surface area contributed by atoms with Crippen LogP contribution in [0.25, 0.3) is 0 Å². The molecule has 0 spiro atoms. The van der Waals surface area contributed by atoms with Crippen LogP contribution in [0.1, 0.15) is 24.5 Å². The van der Waals surface area contributed by atoms with Crippen LogP contribution < -0.4 is 5.32 Å². The van der Waals surface area contributed by atoms with Crippen LogP contribution in [-0.2, 0) is 9.59 Å². The third kappa shape index (κ3) is 5.46. The molecule has 2 atom stereocenters. The molecule has 3 N–H and O–H groups in total. The molecule has 0 bridgehead atoms. The lowest BCUT2D eigenvalue weighted by Crippen LogP contribution is -2.50. The highest BCUT2D eigenvalue weighted by Gasteiger charge is 2.30. The van der Waals surface area contributed by atoms with Crippen LogP contribution >= 0.6 is 0 Å². The molecule has 0 fully saturated rings. The molecule has 0 aliphatic rings. The number of hydrogen-bond donors (Lipinski definition) is 3. The van der Waals surface area contributed by atoms with Crippen LogP contribution in [0, 0.1) is 0 Å². The smallest absolute Gasteiger partial charge is 0.362 e. The highest BCUT2D eigenvalue weighted by atomic mass is 16.4. The van der Waals surface area contributed by atoms with Gasteiger partial charge in [-0.2, -0.15) is 0 Å². The van der Waals surface area contributed by atoms with Gasteiger partial charge in [0.1, 0.15) is 0 Å². The number of quaternary nitrogens is 1. The van der Waals surface area contributed by atoms with Crippen molar-refractivity contribution in [2.45, 2.75) is 25.0 Å². The van der Waals surface area contributed by atoms with Crippen LogP contribution in [-0.4, -0.2) is 60.3 Å². The SMILES string of the molecule is C[N+](C)(C)C(CCCNC(=O)C(O)c1ccccc1)C(=O)O. The number of carbonyl (C=O) groups is 2. The summed E-state index contributed by atoms with van der Waals surface area (Å²) in [5.41, 5.74) is 0.537. The number of aliphatic hydroxyl groups is 1. The Kier molecular flexibility index (Phi) is 6.52. The van der Waals surface area contributed by atoms with Gasteiger partial charge in [-0.1, -0.05) is 30.3 Å². The normalized spacial score (nSPS) is 14.2. The van der Waals surface area contributed by atoms with Gasteiger partial charge in [0.25, 0.3) is 5.91 Å². The average Bonchev–Trinajstić information content (AvgIpc) is 2.45. The fraction of sp³-hybridized carbons (Fsp3) is 0.500. The predicted octanol–water partition coefficient (Wildman–Crippen LogP) is 0.776. The van der Waals surface area contributed by atoms with E-state index in [1.165, 1.54) is 0 Å². The summed E-state index contributed by atoms with van der Waals surface area (Å²) in [6, 6.07) is 8.17. The summed E-state index contributed by atoms with van der Waals surface area (Å²) in [5, 5.41) is 21.8. The maximum absolute atomic E-state index is 11.8. The first kappa shape index (κ1) is 18.1. The van der Waals surface area contributed by atoms with Gasteiger partial charge in [0.15, 0.2) is 12.1 Å². The van der Waals surface area contributed by atoms with Crippen molar-refractivity contribution in [2.75, 3.05) is 27.7 Å². The number of carboxylic acids is 1. The van der Waals surface area contributed by atoms with Crippen molar-refractivity contribution in [3.8, 4) is 0 Å². The lowest BCUT2D eigenvalue weighted by atomic mass is 10.1. The molecule has 1 aromatic carbocycles. The van der Waals surface area contributed by atoms with Gasteiger partial charge < -0.3 is 20.0 Å². The Labute approximate surface area is 131 Å². The fourth-order valence-electron chi connectivity index (χ4n) is 2.23. The number of likely N-dealkylation sites (N-methyl/N-ethyl adjacent to an activating group) is 1. The number of nitrogens with one attached hydrogen (secondary N) is 1. The minimum atomic E-state index is -1.20. The van der Waals surface area contributed by atoms with Gasteiger partial charge in [-0.25, -0.2) is 4.79 Å². The summed E-state index contributed by atoms with van der Waals surface area (Å²) in [5.74, 6) is -1.31. The van der Waals surface area contributed by atoms with E-state index in [1.54, 1.807) is 24.3 Å². The maximum atomic E-state index is 11.8. The Morgan fingerprint density at radius 2 is 1.77 bits per heavy atom. The molecule has 2 unspecified atom stereocenters. The number of amides is 1. The summed E-state index contributed by atoms with van der Waals surface area (Å²) in [6.07, 6.45) is -0.199. The van der Waals surface area contributed by atoms with Gasteiger partial charge in [-0.05, 0) is 12.0 Å². The number of benzene rings is 1. The molecule has 0 saturated heterocycles. The Morgan fingerprint density at radius 1 is 1.18 bits per heavy atom. The molecule has 0 heterocycles. The summed E-state index contributed by atoms with van der Waals surface area (Å²) in [4.78, 5) is 23.1. The third-order valence-corrected chi connectivity index (χ3v) is 3.54. The molecule has 1 amide bonds. The maximum Gasteiger partial charge on any atom is 0.362 e. The first-order valence-electron chi connectivity index (χ1n) is 7.28. The number of nitrogens with zero attached hydrogens (tertiary/aromatic N) is 1. The van der Waals surface area contributed by atoms with Crippen molar-refractivity contribution in [1.82, 2.24) is 5.32 Å². The monoisotopic (exact) mass is 309 g/mol. The molecule has 122 valence electrons. The Bertz CT molecular complexity index is 497. The second-order valence-corrected chi connectivity index (χ2v) is 6.22. The molecular formula is C16H25N2O4+. The molecule has 0 aliphatic heterocycles. The molecular weight excluding hydrogens is 284 g/mol. The molecule has 1 aromatic rings. The van der Waals surface area contributed by atoms with Crippen molar-refractivity contribution < 1.29 is 24.3 Å². The summed E-state index contributed by atoms with van der Waals surface area (Å²) in [6.45, 7) is 0.340. The van der Waals surface area contributed by atoms with Crippen LogP contribution in [0.2, 0.25) is 0 Å². The number of hydrogen-bond acceptors (Lipinski definition) is 3. The molecule has 0 aliphatic carbocycles. The largest absolute Gasteiger partial charge is 0.477 e. The van der Waals surface area contributed by atoms with Crippen LogP contribution in [0.4, 0.5) is 0 Å². The molecule has 0 aromatic heterocycles. The van der Waals surface area contributed by atoms with Gasteiger partial charge in [0.05, 0.1) is 21.1 Å². The van der Waals surface area contributed by atoms with Crippen LogP contribution in [0.3, 0.4) is 0 Å². The highest BCUT2D eigenvalue weighted by molar-refractivity contribution is 5.81. The second-order valence-electron chi connectivity index (χ2n) is 6.22. The topological polar surface area (TPSA) is 86.6 Å². The summed E-state index contributed by atoms with van der Waals surface area (Å²) in [7, 11) is 5.49. The van der Waals surface area contributed by atoms with Crippen molar-refractivity contribution in [3.63, 3.8) is 0 Å². The van der Waals surface area contributed by atoms with E-state index in [0.29, 0.717) is 29.4 Å². The molecule has 0 radical (unpaired) electrons. The van der Waals surface area contributed by atoms with Gasteiger partial charge in [0, 0.05) is 13.0 Å².